The molecule has 0 amide bonds. The predicted molar refractivity (Wildman–Crippen MR) is 81.3 cm³/mol. The highest BCUT2D eigenvalue weighted by Gasteiger charge is 2.19. The second kappa shape index (κ2) is 5.75. The third kappa shape index (κ3) is 3.83. The Bertz CT molecular complexity index is 367. The lowest BCUT2D eigenvalue weighted by Crippen LogP contribution is -2.31. The van der Waals surface area contributed by atoms with E-state index >= 15 is 0 Å². The van der Waals surface area contributed by atoms with E-state index in [-0.39, 0.29) is 0 Å². The van der Waals surface area contributed by atoms with E-state index in [1.54, 1.807) is 0 Å². The quantitative estimate of drug-likeness (QED) is 0.834. The smallest absolute Gasteiger partial charge is 0.0302 e. The molecule has 2 rings (SSSR count). The Kier molecular flexibility index (Phi) is 4.50. The largest absolute Gasteiger partial charge is 0.309 e. The van der Waals surface area contributed by atoms with Crippen LogP contribution in [0.25, 0.3) is 0 Å². The van der Waals surface area contributed by atoms with Crippen molar-refractivity contribution < 1.29 is 0 Å². The van der Waals surface area contributed by atoms with Gasteiger partial charge in [0.2, 0.25) is 0 Å². The summed E-state index contributed by atoms with van der Waals surface area (Å²) < 4.78 is 0. The van der Waals surface area contributed by atoms with Crippen LogP contribution in [0.2, 0.25) is 0 Å². The van der Waals surface area contributed by atoms with Crippen LogP contribution in [-0.2, 0) is 12.0 Å². The molecule has 1 fully saturated rings. The van der Waals surface area contributed by atoms with Crippen LogP contribution in [0.5, 0.6) is 0 Å². The van der Waals surface area contributed by atoms with Crippen molar-refractivity contribution >= 4 is 11.3 Å². The summed E-state index contributed by atoms with van der Waals surface area (Å²) in [6.45, 7) is 10.3. The minimum atomic E-state index is 0.295. The third-order valence-corrected chi connectivity index (χ3v) is 5.49. The molecule has 0 atom stereocenters. The molecule has 18 heavy (non-hydrogen) atoms. The molecular weight excluding hydrogens is 238 g/mol. The molecule has 0 unspecified atom stereocenters. The van der Waals surface area contributed by atoms with Crippen LogP contribution in [0.1, 0.15) is 63.1 Å². The lowest BCUT2D eigenvalue weighted by atomic mass is 9.87. The summed E-state index contributed by atoms with van der Waals surface area (Å²) in [5.41, 5.74) is 0.295. The summed E-state index contributed by atoms with van der Waals surface area (Å²) in [5.74, 6) is 0.942. The van der Waals surface area contributed by atoms with E-state index in [0.29, 0.717) is 5.41 Å². The Morgan fingerprint density at radius 1 is 1.17 bits per heavy atom. The normalized spacial score (nSPS) is 25.3. The first-order valence-electron chi connectivity index (χ1n) is 7.28. The highest BCUT2D eigenvalue weighted by molar-refractivity contribution is 7.12. The fraction of sp³-hybridized carbons (Fsp3) is 0.750. The molecular formula is C16H27NS. The first-order valence-corrected chi connectivity index (χ1v) is 8.09. The maximum absolute atomic E-state index is 3.73. The Morgan fingerprint density at radius 2 is 1.83 bits per heavy atom. The van der Waals surface area contributed by atoms with Crippen molar-refractivity contribution in [1.82, 2.24) is 5.32 Å². The molecule has 1 nitrogen and oxygen atoms in total. The summed E-state index contributed by atoms with van der Waals surface area (Å²) in [5, 5.41) is 3.73. The van der Waals surface area contributed by atoms with Gasteiger partial charge in [-0.05, 0) is 49.1 Å². The molecule has 0 saturated heterocycles. The van der Waals surface area contributed by atoms with E-state index in [0.717, 1.165) is 18.5 Å². The standard InChI is InChI=1S/C16H27NS/c1-12-5-7-13(8-6-12)17-11-14-9-10-15(18-14)16(2,3)4/h9-10,12-13,17H,5-8,11H2,1-4H3. The first kappa shape index (κ1) is 14.1. The van der Waals surface area contributed by atoms with Gasteiger partial charge in [-0.3, -0.25) is 0 Å². The third-order valence-electron chi connectivity index (χ3n) is 3.98. The predicted octanol–water partition coefficient (Wildman–Crippen LogP) is 4.71. The minimum Gasteiger partial charge on any atom is -0.309 e. The highest BCUT2D eigenvalue weighted by atomic mass is 32.1. The molecule has 1 aliphatic carbocycles. The number of thiophene rings is 1. The monoisotopic (exact) mass is 265 g/mol. The van der Waals surface area contributed by atoms with E-state index in [4.69, 9.17) is 0 Å². The SMILES string of the molecule is CC1CCC(NCc2ccc(C(C)(C)C)s2)CC1. The van der Waals surface area contributed by atoms with Crippen LogP contribution in [0.15, 0.2) is 12.1 Å². The van der Waals surface area contributed by atoms with Gasteiger partial charge in [0.15, 0.2) is 0 Å². The second-order valence-electron chi connectivity index (χ2n) is 6.85. The van der Waals surface area contributed by atoms with E-state index in [1.165, 1.54) is 35.4 Å². The molecule has 1 heterocycles. The van der Waals surface area contributed by atoms with Gasteiger partial charge in [-0.25, -0.2) is 0 Å². The zero-order chi connectivity index (χ0) is 13.2. The minimum absolute atomic E-state index is 0.295. The van der Waals surface area contributed by atoms with Gasteiger partial charge in [0.25, 0.3) is 0 Å². The Hall–Kier alpha value is -0.340. The Labute approximate surface area is 116 Å². The maximum Gasteiger partial charge on any atom is 0.0302 e. The zero-order valence-corrected chi connectivity index (χ0v) is 13.1. The van der Waals surface area contributed by atoms with E-state index < -0.39 is 0 Å². The summed E-state index contributed by atoms with van der Waals surface area (Å²) in [6, 6.07) is 5.34. The lowest BCUT2D eigenvalue weighted by molar-refractivity contribution is 0.307. The molecule has 1 N–H and O–H groups in total. The number of rotatable bonds is 3. The van der Waals surface area contributed by atoms with Gasteiger partial charge in [0, 0.05) is 22.3 Å². The van der Waals surface area contributed by atoms with Gasteiger partial charge < -0.3 is 5.32 Å². The van der Waals surface area contributed by atoms with E-state index in [9.17, 15) is 0 Å². The molecule has 0 aliphatic heterocycles. The Morgan fingerprint density at radius 3 is 2.39 bits per heavy atom. The summed E-state index contributed by atoms with van der Waals surface area (Å²) >= 11 is 1.97. The van der Waals surface area contributed by atoms with Crippen LogP contribution < -0.4 is 5.32 Å². The molecule has 1 aromatic heterocycles. The van der Waals surface area contributed by atoms with Gasteiger partial charge in [0.05, 0.1) is 0 Å². The van der Waals surface area contributed by atoms with E-state index in [1.807, 2.05) is 11.3 Å². The van der Waals surface area contributed by atoms with Crippen LogP contribution in [-0.4, -0.2) is 6.04 Å². The maximum atomic E-state index is 3.73. The molecule has 1 aromatic rings. The van der Waals surface area contributed by atoms with Crippen molar-refractivity contribution in [3.05, 3.63) is 21.9 Å². The molecule has 0 bridgehead atoms. The molecule has 0 aromatic carbocycles. The summed E-state index contributed by atoms with van der Waals surface area (Å²) in [6.07, 6.45) is 5.52. The van der Waals surface area contributed by atoms with Crippen molar-refractivity contribution in [1.29, 1.82) is 0 Å². The van der Waals surface area contributed by atoms with Crippen molar-refractivity contribution in [3.8, 4) is 0 Å². The molecule has 102 valence electrons. The second-order valence-corrected chi connectivity index (χ2v) is 8.02. The first-order chi connectivity index (χ1) is 8.45. The van der Waals surface area contributed by atoms with Crippen molar-refractivity contribution in [2.75, 3.05) is 0 Å². The molecule has 0 spiro atoms. The van der Waals surface area contributed by atoms with Crippen molar-refractivity contribution in [3.63, 3.8) is 0 Å². The summed E-state index contributed by atoms with van der Waals surface area (Å²) in [4.78, 5) is 2.98. The van der Waals surface area contributed by atoms with Gasteiger partial charge in [-0.2, -0.15) is 0 Å². The fourth-order valence-electron chi connectivity index (χ4n) is 2.59. The Balaban J connectivity index is 1.82. The van der Waals surface area contributed by atoms with Gasteiger partial charge in [0.1, 0.15) is 0 Å². The molecule has 1 saturated carbocycles. The zero-order valence-electron chi connectivity index (χ0n) is 12.3. The average molecular weight is 265 g/mol. The number of hydrogen-bond acceptors (Lipinski definition) is 2. The van der Waals surface area contributed by atoms with Crippen molar-refractivity contribution in [2.45, 2.75) is 71.4 Å². The van der Waals surface area contributed by atoms with Crippen LogP contribution in [0.3, 0.4) is 0 Å². The van der Waals surface area contributed by atoms with Crippen LogP contribution in [0.4, 0.5) is 0 Å². The van der Waals surface area contributed by atoms with E-state index in [2.05, 4.69) is 45.1 Å². The number of nitrogens with one attached hydrogen (secondary N) is 1. The lowest BCUT2D eigenvalue weighted by Gasteiger charge is -2.26. The molecule has 2 heteroatoms. The molecule has 0 radical (unpaired) electrons. The average Bonchev–Trinajstić information content (AvgIpc) is 2.77. The van der Waals surface area contributed by atoms with Crippen LogP contribution >= 0.6 is 11.3 Å². The highest BCUT2D eigenvalue weighted by Crippen LogP contribution is 2.30. The van der Waals surface area contributed by atoms with Crippen molar-refractivity contribution in [2.24, 2.45) is 5.92 Å². The fourth-order valence-corrected chi connectivity index (χ4v) is 3.60. The molecule has 1 aliphatic rings. The van der Waals surface area contributed by atoms with Crippen LogP contribution in [0, 0.1) is 5.92 Å². The van der Waals surface area contributed by atoms with Gasteiger partial charge in [-0.1, -0.05) is 27.7 Å². The summed E-state index contributed by atoms with van der Waals surface area (Å²) in [7, 11) is 0. The topological polar surface area (TPSA) is 12.0 Å². The van der Waals surface area contributed by atoms with Gasteiger partial charge >= 0.3 is 0 Å². The van der Waals surface area contributed by atoms with Gasteiger partial charge in [-0.15, -0.1) is 11.3 Å². The number of hydrogen-bond donors (Lipinski definition) is 1.